The van der Waals surface area contributed by atoms with Crippen LogP contribution in [0.2, 0.25) is 0 Å². The molecule has 2 aromatic carbocycles. The van der Waals surface area contributed by atoms with Crippen molar-refractivity contribution in [2.75, 3.05) is 5.33 Å². The summed E-state index contributed by atoms with van der Waals surface area (Å²) in [6.07, 6.45) is 0. The van der Waals surface area contributed by atoms with Gasteiger partial charge in [-0.1, -0.05) is 40.2 Å². The van der Waals surface area contributed by atoms with Crippen molar-refractivity contribution in [3.05, 3.63) is 36.4 Å². The number of carbonyl (C=O) groups is 1. The Labute approximate surface area is 118 Å². The number of ether oxygens (including phenoxy) is 1. The maximum absolute atomic E-state index is 11.3. The zero-order chi connectivity index (χ0) is 14.0. The lowest BCUT2D eigenvalue weighted by molar-refractivity contribution is -0.131. The van der Waals surface area contributed by atoms with Crippen molar-refractivity contribution in [3.8, 4) is 5.75 Å². The van der Waals surface area contributed by atoms with Crippen LogP contribution in [0.3, 0.4) is 0 Å². The second-order valence-electron chi connectivity index (χ2n) is 3.69. The number of alkyl halides is 1. The molecule has 0 heterocycles. The van der Waals surface area contributed by atoms with Crippen molar-refractivity contribution in [3.63, 3.8) is 0 Å². The van der Waals surface area contributed by atoms with Gasteiger partial charge in [0.15, 0.2) is 0 Å². The van der Waals surface area contributed by atoms with E-state index in [1.165, 1.54) is 18.2 Å². The van der Waals surface area contributed by atoms with E-state index in [0.717, 1.165) is 0 Å². The Balaban J connectivity index is 2.69. The van der Waals surface area contributed by atoms with Crippen LogP contribution in [0.1, 0.15) is 0 Å². The van der Waals surface area contributed by atoms with Crippen LogP contribution in [0, 0.1) is 0 Å². The van der Waals surface area contributed by atoms with Crippen LogP contribution in [-0.4, -0.2) is 24.3 Å². The van der Waals surface area contributed by atoms with E-state index in [4.69, 9.17) is 9.29 Å². The molecule has 0 unspecified atom stereocenters. The summed E-state index contributed by atoms with van der Waals surface area (Å²) >= 11 is 2.97. The predicted molar refractivity (Wildman–Crippen MR) is 73.2 cm³/mol. The first-order chi connectivity index (χ1) is 8.93. The average molecular weight is 345 g/mol. The number of esters is 1. The molecule has 0 atom stereocenters. The molecule has 2 aromatic rings. The fourth-order valence-corrected chi connectivity index (χ4v) is 2.52. The Morgan fingerprint density at radius 3 is 2.37 bits per heavy atom. The van der Waals surface area contributed by atoms with E-state index >= 15 is 0 Å². The smallest absolute Gasteiger partial charge is 0.321 e. The van der Waals surface area contributed by atoms with Crippen LogP contribution in [-0.2, 0) is 14.9 Å². The minimum absolute atomic E-state index is 0.0291. The summed E-state index contributed by atoms with van der Waals surface area (Å²) in [4.78, 5) is 11.0. The lowest BCUT2D eigenvalue weighted by Crippen LogP contribution is -2.09. The van der Waals surface area contributed by atoms with Crippen LogP contribution in [0.15, 0.2) is 41.3 Å². The number of hydrogen-bond acceptors (Lipinski definition) is 4. The third-order valence-electron chi connectivity index (χ3n) is 2.45. The Morgan fingerprint density at radius 2 is 1.79 bits per heavy atom. The van der Waals surface area contributed by atoms with Crippen molar-refractivity contribution in [2.45, 2.75) is 4.90 Å². The Hall–Kier alpha value is -1.44. The molecule has 0 aliphatic rings. The lowest BCUT2D eigenvalue weighted by atomic mass is 10.1. The molecule has 7 heteroatoms. The van der Waals surface area contributed by atoms with E-state index in [9.17, 15) is 13.2 Å². The minimum atomic E-state index is -4.33. The highest BCUT2D eigenvalue weighted by Gasteiger charge is 2.17. The maximum Gasteiger partial charge on any atom is 0.321 e. The van der Waals surface area contributed by atoms with Gasteiger partial charge in [0.2, 0.25) is 0 Å². The molecular weight excluding hydrogens is 336 g/mol. The summed E-state index contributed by atoms with van der Waals surface area (Å²) < 4.78 is 36.8. The van der Waals surface area contributed by atoms with Crippen molar-refractivity contribution in [1.82, 2.24) is 0 Å². The fraction of sp³-hybridized carbons (Fsp3) is 0.0833. The highest BCUT2D eigenvalue weighted by Crippen LogP contribution is 2.31. The van der Waals surface area contributed by atoms with Crippen molar-refractivity contribution >= 4 is 42.8 Å². The van der Waals surface area contributed by atoms with E-state index in [0.29, 0.717) is 10.8 Å². The first-order valence-electron chi connectivity index (χ1n) is 5.19. The molecule has 0 bridgehead atoms. The third-order valence-corrected chi connectivity index (χ3v) is 3.82. The molecule has 0 aliphatic heterocycles. The van der Waals surface area contributed by atoms with Gasteiger partial charge in [-0.15, -0.1) is 0 Å². The van der Waals surface area contributed by atoms with Gasteiger partial charge in [-0.2, -0.15) is 8.42 Å². The van der Waals surface area contributed by atoms with E-state index in [2.05, 4.69) is 15.9 Å². The topological polar surface area (TPSA) is 80.7 Å². The van der Waals surface area contributed by atoms with Crippen LogP contribution in [0.5, 0.6) is 5.75 Å². The SMILES string of the molecule is O=C(CBr)Oc1ccc(S(=O)(=O)O)c2ccccc12. The predicted octanol–water partition coefficient (Wildman–Crippen LogP) is 2.39. The molecule has 0 saturated heterocycles. The molecule has 0 aromatic heterocycles. The highest BCUT2D eigenvalue weighted by molar-refractivity contribution is 9.09. The Kier molecular flexibility index (Phi) is 3.88. The molecule has 100 valence electrons. The fourth-order valence-electron chi connectivity index (χ4n) is 1.71. The summed E-state index contributed by atoms with van der Waals surface area (Å²) in [5, 5.41) is 0.762. The molecule has 1 N–H and O–H groups in total. The molecule has 0 fully saturated rings. The zero-order valence-corrected chi connectivity index (χ0v) is 11.9. The second-order valence-corrected chi connectivity index (χ2v) is 5.64. The van der Waals surface area contributed by atoms with Gasteiger partial charge in [0.05, 0.1) is 0 Å². The molecule has 0 radical (unpaired) electrons. The van der Waals surface area contributed by atoms with Gasteiger partial charge in [-0.3, -0.25) is 9.35 Å². The largest absolute Gasteiger partial charge is 0.425 e. The van der Waals surface area contributed by atoms with Gasteiger partial charge in [-0.05, 0) is 12.1 Å². The summed E-state index contributed by atoms with van der Waals surface area (Å²) in [7, 11) is -4.33. The van der Waals surface area contributed by atoms with Crippen LogP contribution < -0.4 is 4.74 Å². The van der Waals surface area contributed by atoms with E-state index in [-0.39, 0.29) is 16.0 Å². The molecular formula is C12H9BrO5S. The Bertz CT molecular complexity index is 739. The average Bonchev–Trinajstić information content (AvgIpc) is 2.37. The lowest BCUT2D eigenvalue weighted by Gasteiger charge is -2.09. The number of benzene rings is 2. The number of hydrogen-bond donors (Lipinski definition) is 1. The number of rotatable bonds is 3. The van der Waals surface area contributed by atoms with Crippen molar-refractivity contribution in [2.24, 2.45) is 0 Å². The molecule has 5 nitrogen and oxygen atoms in total. The minimum Gasteiger partial charge on any atom is -0.425 e. The highest BCUT2D eigenvalue weighted by atomic mass is 79.9. The molecule has 0 aliphatic carbocycles. The summed E-state index contributed by atoms with van der Waals surface area (Å²) in [6, 6.07) is 9.00. The van der Waals surface area contributed by atoms with Gasteiger partial charge >= 0.3 is 5.97 Å². The maximum atomic E-state index is 11.3. The van der Waals surface area contributed by atoms with E-state index in [1.54, 1.807) is 18.2 Å². The van der Waals surface area contributed by atoms with Crippen LogP contribution in [0.4, 0.5) is 0 Å². The summed E-state index contributed by atoms with van der Waals surface area (Å²) in [6.45, 7) is 0. The molecule has 0 amide bonds. The van der Waals surface area contributed by atoms with E-state index in [1.807, 2.05) is 0 Å². The first-order valence-corrected chi connectivity index (χ1v) is 7.75. The summed E-state index contributed by atoms with van der Waals surface area (Å²) in [5.41, 5.74) is 0. The van der Waals surface area contributed by atoms with Crippen molar-refractivity contribution < 1.29 is 22.5 Å². The first kappa shape index (κ1) is 14.0. The number of fused-ring (bicyclic) bond motifs is 1. The number of carbonyl (C=O) groups excluding carboxylic acids is 1. The third kappa shape index (κ3) is 2.94. The molecule has 0 saturated carbocycles. The Morgan fingerprint density at radius 1 is 1.16 bits per heavy atom. The normalized spacial score (nSPS) is 11.5. The zero-order valence-electron chi connectivity index (χ0n) is 9.54. The second kappa shape index (κ2) is 5.28. The molecule has 2 rings (SSSR count). The van der Waals surface area contributed by atoms with E-state index < -0.39 is 16.1 Å². The van der Waals surface area contributed by atoms with Gasteiger partial charge in [0.1, 0.15) is 16.0 Å². The van der Waals surface area contributed by atoms with Gasteiger partial charge < -0.3 is 4.74 Å². The standard InChI is InChI=1S/C12H9BrO5S/c13-7-12(14)18-10-5-6-11(19(15,16)17)9-4-2-1-3-8(9)10/h1-6H,7H2,(H,15,16,17). The summed E-state index contributed by atoms with van der Waals surface area (Å²) in [5.74, 6) is -0.253. The van der Waals surface area contributed by atoms with Gasteiger partial charge in [0.25, 0.3) is 10.1 Å². The van der Waals surface area contributed by atoms with Crippen molar-refractivity contribution in [1.29, 1.82) is 0 Å². The van der Waals surface area contributed by atoms with Crippen LogP contribution >= 0.6 is 15.9 Å². The van der Waals surface area contributed by atoms with Gasteiger partial charge in [-0.25, -0.2) is 0 Å². The quantitative estimate of drug-likeness (QED) is 0.400. The molecule has 0 spiro atoms. The van der Waals surface area contributed by atoms with Crippen LogP contribution in [0.25, 0.3) is 10.8 Å². The monoisotopic (exact) mass is 344 g/mol. The van der Waals surface area contributed by atoms with Gasteiger partial charge in [0, 0.05) is 10.8 Å². The number of halogens is 1. The molecule has 19 heavy (non-hydrogen) atoms.